The first-order valence-electron chi connectivity index (χ1n) is 9.08. The maximum Gasteiger partial charge on any atom is 0.255 e. The van der Waals surface area contributed by atoms with E-state index in [-0.39, 0.29) is 18.4 Å². The van der Waals surface area contributed by atoms with Crippen molar-refractivity contribution in [2.75, 3.05) is 11.9 Å². The molecule has 2 N–H and O–H groups in total. The Bertz CT molecular complexity index is 1050. The van der Waals surface area contributed by atoms with E-state index in [1.807, 2.05) is 48.5 Å². The van der Waals surface area contributed by atoms with Crippen LogP contribution in [0.25, 0.3) is 0 Å². The molecular formula is C24H20N2O3. The van der Waals surface area contributed by atoms with Crippen molar-refractivity contribution in [3.05, 3.63) is 90.0 Å². The number of hydrogen-bond acceptors (Lipinski definition) is 3. The van der Waals surface area contributed by atoms with Gasteiger partial charge in [0, 0.05) is 18.2 Å². The van der Waals surface area contributed by atoms with Gasteiger partial charge >= 0.3 is 0 Å². The van der Waals surface area contributed by atoms with Crippen molar-refractivity contribution in [1.82, 2.24) is 5.32 Å². The Morgan fingerprint density at radius 3 is 2.31 bits per heavy atom. The Morgan fingerprint density at radius 2 is 1.59 bits per heavy atom. The van der Waals surface area contributed by atoms with Crippen molar-refractivity contribution in [2.24, 2.45) is 0 Å². The zero-order chi connectivity index (χ0) is 20.5. The molecule has 5 nitrogen and oxygen atoms in total. The topological polar surface area (TPSA) is 67.4 Å². The summed E-state index contributed by atoms with van der Waals surface area (Å²) < 4.78 is 5.82. The molecule has 3 rings (SSSR count). The second-order valence-corrected chi connectivity index (χ2v) is 6.15. The third-order valence-corrected chi connectivity index (χ3v) is 3.88. The Balaban J connectivity index is 1.59. The molecule has 0 saturated heterocycles. The number of nitrogens with one attached hydrogen (secondary N) is 2. The fourth-order valence-electron chi connectivity index (χ4n) is 2.56. The fourth-order valence-corrected chi connectivity index (χ4v) is 2.56. The smallest absolute Gasteiger partial charge is 0.255 e. The molecule has 0 bridgehead atoms. The molecule has 0 heterocycles. The Hall–Kier alpha value is -4.04. The van der Waals surface area contributed by atoms with Crippen LogP contribution in [0.15, 0.2) is 78.9 Å². The van der Waals surface area contributed by atoms with E-state index in [0.29, 0.717) is 22.7 Å². The van der Waals surface area contributed by atoms with Crippen molar-refractivity contribution < 1.29 is 14.3 Å². The molecule has 0 atom stereocenters. The van der Waals surface area contributed by atoms with Crippen LogP contribution in [0.2, 0.25) is 0 Å². The summed E-state index contributed by atoms with van der Waals surface area (Å²) in [6.45, 7) is 1.66. The van der Waals surface area contributed by atoms with Gasteiger partial charge in [-0.2, -0.15) is 0 Å². The average molecular weight is 384 g/mol. The Labute approximate surface area is 169 Å². The van der Waals surface area contributed by atoms with Crippen LogP contribution in [-0.2, 0) is 4.79 Å². The lowest BCUT2D eigenvalue weighted by molar-refractivity contribution is -0.114. The predicted octanol–water partition coefficient (Wildman–Crippen LogP) is 4.22. The third-order valence-electron chi connectivity index (χ3n) is 3.88. The molecule has 0 aliphatic carbocycles. The molecule has 5 heteroatoms. The molecule has 0 spiro atoms. The van der Waals surface area contributed by atoms with Crippen molar-refractivity contribution in [1.29, 1.82) is 0 Å². The first kappa shape index (κ1) is 19.7. The van der Waals surface area contributed by atoms with Gasteiger partial charge in [-0.05, 0) is 48.5 Å². The summed E-state index contributed by atoms with van der Waals surface area (Å²) in [5.74, 6) is 6.67. The van der Waals surface area contributed by atoms with Crippen LogP contribution in [0.3, 0.4) is 0 Å². The van der Waals surface area contributed by atoms with Crippen LogP contribution in [0.1, 0.15) is 22.8 Å². The number of rotatable bonds is 5. The molecule has 0 fully saturated rings. The molecule has 2 amide bonds. The fraction of sp³-hybridized carbons (Fsp3) is 0.0833. The van der Waals surface area contributed by atoms with Crippen molar-refractivity contribution >= 4 is 17.5 Å². The number of benzene rings is 3. The number of hydrogen-bond donors (Lipinski definition) is 2. The standard InChI is InChI=1S/C24H20N2O3/c1-18(27)26-20-15-13-19(14-16-20)8-7-17-25-24(28)22-11-5-6-12-23(22)29-21-9-3-2-4-10-21/h2-6,9-16H,17H2,1H3,(H,25,28)(H,26,27). The highest BCUT2D eigenvalue weighted by atomic mass is 16.5. The van der Waals surface area contributed by atoms with Crippen LogP contribution in [0.5, 0.6) is 11.5 Å². The molecule has 0 saturated carbocycles. The van der Waals surface area contributed by atoms with Gasteiger partial charge in [-0.1, -0.05) is 42.2 Å². The summed E-state index contributed by atoms with van der Waals surface area (Å²) in [6, 6.07) is 23.5. The Morgan fingerprint density at radius 1 is 0.897 bits per heavy atom. The quantitative estimate of drug-likeness (QED) is 0.647. The van der Waals surface area contributed by atoms with Gasteiger partial charge in [0.05, 0.1) is 12.1 Å². The average Bonchev–Trinajstić information content (AvgIpc) is 2.73. The van der Waals surface area contributed by atoms with Gasteiger partial charge in [0.15, 0.2) is 0 Å². The molecule has 0 radical (unpaired) electrons. The van der Waals surface area contributed by atoms with Gasteiger partial charge in [0.25, 0.3) is 5.91 Å². The third kappa shape index (κ3) is 5.98. The second-order valence-electron chi connectivity index (χ2n) is 6.15. The van der Waals surface area contributed by atoms with Gasteiger partial charge in [-0.15, -0.1) is 0 Å². The van der Waals surface area contributed by atoms with Crippen LogP contribution < -0.4 is 15.4 Å². The minimum atomic E-state index is -0.258. The lowest BCUT2D eigenvalue weighted by Crippen LogP contribution is -2.24. The SMILES string of the molecule is CC(=O)Nc1ccc(C#CCNC(=O)c2ccccc2Oc2ccccc2)cc1. The molecule has 0 aliphatic heterocycles. The van der Waals surface area contributed by atoms with E-state index in [0.717, 1.165) is 5.56 Å². The normalized spacial score (nSPS) is 9.69. The van der Waals surface area contributed by atoms with Crippen LogP contribution in [0.4, 0.5) is 5.69 Å². The summed E-state index contributed by atoms with van der Waals surface area (Å²) in [5.41, 5.74) is 1.95. The summed E-state index contributed by atoms with van der Waals surface area (Å²) in [5, 5.41) is 5.48. The summed E-state index contributed by atoms with van der Waals surface area (Å²) in [6.07, 6.45) is 0. The van der Waals surface area contributed by atoms with Gasteiger partial charge < -0.3 is 15.4 Å². The van der Waals surface area contributed by atoms with Crippen LogP contribution >= 0.6 is 0 Å². The van der Waals surface area contributed by atoms with Gasteiger partial charge in [-0.3, -0.25) is 9.59 Å². The summed E-state index contributed by atoms with van der Waals surface area (Å²) in [7, 11) is 0. The molecule has 0 aliphatic rings. The van der Waals surface area contributed by atoms with E-state index in [2.05, 4.69) is 22.5 Å². The molecule has 144 valence electrons. The highest BCUT2D eigenvalue weighted by molar-refractivity contribution is 5.97. The maximum atomic E-state index is 12.5. The van der Waals surface area contributed by atoms with Crippen molar-refractivity contribution in [3.63, 3.8) is 0 Å². The number of carbonyl (C=O) groups excluding carboxylic acids is 2. The monoisotopic (exact) mass is 384 g/mol. The predicted molar refractivity (Wildman–Crippen MR) is 113 cm³/mol. The zero-order valence-electron chi connectivity index (χ0n) is 15.9. The molecule has 3 aromatic carbocycles. The summed E-state index contributed by atoms with van der Waals surface area (Å²) in [4.78, 5) is 23.5. The van der Waals surface area contributed by atoms with E-state index in [1.165, 1.54) is 6.92 Å². The first-order chi connectivity index (χ1) is 14.1. The zero-order valence-corrected chi connectivity index (χ0v) is 15.9. The van der Waals surface area contributed by atoms with Crippen molar-refractivity contribution in [2.45, 2.75) is 6.92 Å². The molecule has 3 aromatic rings. The van der Waals surface area contributed by atoms with E-state index in [4.69, 9.17) is 4.74 Å². The van der Waals surface area contributed by atoms with Crippen LogP contribution in [-0.4, -0.2) is 18.4 Å². The maximum absolute atomic E-state index is 12.5. The van der Waals surface area contributed by atoms with E-state index in [9.17, 15) is 9.59 Å². The van der Waals surface area contributed by atoms with E-state index >= 15 is 0 Å². The Kier molecular flexibility index (Phi) is 6.64. The van der Waals surface area contributed by atoms with Crippen molar-refractivity contribution in [3.8, 4) is 23.3 Å². The van der Waals surface area contributed by atoms with Gasteiger partial charge in [-0.25, -0.2) is 0 Å². The summed E-state index contributed by atoms with van der Waals surface area (Å²) >= 11 is 0. The number of amides is 2. The lowest BCUT2D eigenvalue weighted by atomic mass is 10.2. The number of anilines is 1. The minimum Gasteiger partial charge on any atom is -0.457 e. The highest BCUT2D eigenvalue weighted by Crippen LogP contribution is 2.24. The molecule has 29 heavy (non-hydrogen) atoms. The second kappa shape index (κ2) is 9.77. The van der Waals surface area contributed by atoms with E-state index in [1.54, 1.807) is 30.3 Å². The van der Waals surface area contributed by atoms with Crippen LogP contribution in [0, 0.1) is 11.8 Å². The first-order valence-corrected chi connectivity index (χ1v) is 9.08. The number of ether oxygens (including phenoxy) is 1. The molecular weight excluding hydrogens is 364 g/mol. The number of para-hydroxylation sites is 2. The lowest BCUT2D eigenvalue weighted by Gasteiger charge is -2.10. The minimum absolute atomic E-state index is 0.122. The molecule has 0 aromatic heterocycles. The van der Waals surface area contributed by atoms with E-state index < -0.39 is 0 Å². The van der Waals surface area contributed by atoms with Gasteiger partial charge in [0.1, 0.15) is 11.5 Å². The molecule has 0 unspecified atom stereocenters. The van der Waals surface area contributed by atoms with Gasteiger partial charge in [0.2, 0.25) is 5.91 Å². The number of carbonyl (C=O) groups is 2. The highest BCUT2D eigenvalue weighted by Gasteiger charge is 2.11. The largest absolute Gasteiger partial charge is 0.457 e.